The van der Waals surface area contributed by atoms with Crippen LogP contribution in [0.1, 0.15) is 11.3 Å². The molecule has 2 heterocycles. The van der Waals surface area contributed by atoms with Crippen LogP contribution in [0.25, 0.3) is 5.65 Å². The normalized spacial score (nSPS) is 10.8. The van der Waals surface area contributed by atoms with Crippen LogP contribution in [0, 0.1) is 12.7 Å². The number of halogens is 1. The van der Waals surface area contributed by atoms with Gasteiger partial charge in [-0.1, -0.05) is 6.07 Å². The number of hydrogen-bond acceptors (Lipinski definition) is 2. The van der Waals surface area contributed by atoms with Gasteiger partial charge in [-0.25, -0.2) is 9.37 Å². The number of fused-ring (bicyclic) bond motifs is 1. The first-order valence-electron chi connectivity index (χ1n) is 6.60. The Labute approximate surface area is 121 Å². The number of aromatic nitrogens is 2. The lowest BCUT2D eigenvalue weighted by molar-refractivity contribution is -0.115. The van der Waals surface area contributed by atoms with E-state index in [1.807, 2.05) is 35.9 Å². The molecule has 4 nitrogen and oxygen atoms in total. The van der Waals surface area contributed by atoms with Crippen LogP contribution in [-0.4, -0.2) is 15.3 Å². The van der Waals surface area contributed by atoms with Crippen molar-refractivity contribution in [1.29, 1.82) is 0 Å². The van der Waals surface area contributed by atoms with Crippen molar-refractivity contribution in [2.45, 2.75) is 13.3 Å². The van der Waals surface area contributed by atoms with Crippen LogP contribution in [0.3, 0.4) is 0 Å². The van der Waals surface area contributed by atoms with Gasteiger partial charge in [0.15, 0.2) is 0 Å². The molecule has 3 aromatic rings. The molecule has 0 aliphatic carbocycles. The maximum atomic E-state index is 13.1. The zero-order valence-corrected chi connectivity index (χ0v) is 11.5. The van der Waals surface area contributed by atoms with Crippen LogP contribution in [0.2, 0.25) is 0 Å². The van der Waals surface area contributed by atoms with Crippen molar-refractivity contribution in [3.05, 3.63) is 65.9 Å². The minimum absolute atomic E-state index is 0.150. The molecule has 0 radical (unpaired) electrons. The molecule has 5 heteroatoms. The van der Waals surface area contributed by atoms with Crippen LogP contribution in [-0.2, 0) is 11.2 Å². The molecule has 106 valence electrons. The smallest absolute Gasteiger partial charge is 0.230 e. The van der Waals surface area contributed by atoms with Gasteiger partial charge in [0.25, 0.3) is 0 Å². The number of benzene rings is 1. The number of nitrogens with one attached hydrogen (secondary N) is 1. The van der Waals surface area contributed by atoms with Gasteiger partial charge < -0.3 is 9.72 Å². The predicted molar refractivity (Wildman–Crippen MR) is 78.7 cm³/mol. The molecule has 0 saturated carbocycles. The molecule has 0 spiro atoms. The van der Waals surface area contributed by atoms with Crippen molar-refractivity contribution in [2.24, 2.45) is 0 Å². The molecule has 0 aliphatic heterocycles. The average molecular weight is 283 g/mol. The Kier molecular flexibility index (Phi) is 3.39. The molecule has 0 unspecified atom stereocenters. The van der Waals surface area contributed by atoms with E-state index in [1.54, 1.807) is 12.1 Å². The highest BCUT2D eigenvalue weighted by Gasteiger charge is 2.08. The summed E-state index contributed by atoms with van der Waals surface area (Å²) in [6.07, 6.45) is 3.88. The zero-order valence-electron chi connectivity index (χ0n) is 11.5. The Morgan fingerprint density at radius 2 is 2.19 bits per heavy atom. The highest BCUT2D eigenvalue weighted by atomic mass is 19.1. The topological polar surface area (TPSA) is 46.4 Å². The Morgan fingerprint density at radius 1 is 1.33 bits per heavy atom. The Bertz CT molecular complexity index is 810. The van der Waals surface area contributed by atoms with Gasteiger partial charge in [-0.3, -0.25) is 4.79 Å². The van der Waals surface area contributed by atoms with Crippen LogP contribution in [0.5, 0.6) is 0 Å². The third-order valence-electron chi connectivity index (χ3n) is 3.12. The number of hydrogen-bond donors (Lipinski definition) is 1. The minimum Gasteiger partial charge on any atom is -0.326 e. The number of carbonyl (C=O) groups is 1. The summed E-state index contributed by atoms with van der Waals surface area (Å²) in [7, 11) is 0. The lowest BCUT2D eigenvalue weighted by Crippen LogP contribution is -2.14. The van der Waals surface area contributed by atoms with E-state index in [1.165, 1.54) is 12.1 Å². The molecule has 0 atom stereocenters. The van der Waals surface area contributed by atoms with Gasteiger partial charge in [0.2, 0.25) is 5.91 Å². The van der Waals surface area contributed by atoms with Crippen molar-refractivity contribution in [3.63, 3.8) is 0 Å². The van der Waals surface area contributed by atoms with Gasteiger partial charge >= 0.3 is 0 Å². The van der Waals surface area contributed by atoms with Crippen LogP contribution >= 0.6 is 0 Å². The summed E-state index contributed by atoms with van der Waals surface area (Å²) in [4.78, 5) is 16.4. The second-order valence-electron chi connectivity index (χ2n) is 4.94. The monoisotopic (exact) mass is 283 g/mol. The second-order valence-corrected chi connectivity index (χ2v) is 4.94. The first kappa shape index (κ1) is 13.3. The molecule has 1 aromatic carbocycles. The molecule has 3 rings (SSSR count). The summed E-state index contributed by atoms with van der Waals surface area (Å²) in [5, 5.41) is 2.66. The van der Waals surface area contributed by atoms with Crippen molar-refractivity contribution < 1.29 is 9.18 Å². The van der Waals surface area contributed by atoms with E-state index in [2.05, 4.69) is 10.3 Å². The standard InChI is InChI=1S/C16H14FN3O/c1-11-5-6-20-10-14(18-15(20)7-11)9-16(21)19-13-4-2-3-12(17)8-13/h2-8,10H,9H2,1H3,(H,19,21). The van der Waals surface area contributed by atoms with E-state index in [0.29, 0.717) is 11.4 Å². The van der Waals surface area contributed by atoms with Gasteiger partial charge in [0.1, 0.15) is 11.5 Å². The molecule has 21 heavy (non-hydrogen) atoms. The number of amides is 1. The second kappa shape index (κ2) is 5.36. The van der Waals surface area contributed by atoms with E-state index in [-0.39, 0.29) is 18.1 Å². The van der Waals surface area contributed by atoms with E-state index >= 15 is 0 Å². The fourth-order valence-electron chi connectivity index (χ4n) is 2.16. The molecule has 1 N–H and O–H groups in total. The molecule has 0 saturated heterocycles. The molecule has 0 aliphatic rings. The zero-order chi connectivity index (χ0) is 14.8. The summed E-state index contributed by atoms with van der Waals surface area (Å²) in [5.41, 5.74) is 3.04. The van der Waals surface area contributed by atoms with Crippen LogP contribution < -0.4 is 5.32 Å². The fraction of sp³-hybridized carbons (Fsp3) is 0.125. The maximum absolute atomic E-state index is 13.1. The van der Waals surface area contributed by atoms with Crippen molar-refractivity contribution in [2.75, 3.05) is 5.32 Å². The van der Waals surface area contributed by atoms with Gasteiger partial charge in [-0.15, -0.1) is 0 Å². The van der Waals surface area contributed by atoms with E-state index in [9.17, 15) is 9.18 Å². The Hall–Kier alpha value is -2.69. The number of rotatable bonds is 3. The largest absolute Gasteiger partial charge is 0.326 e. The predicted octanol–water partition coefficient (Wildman–Crippen LogP) is 2.96. The average Bonchev–Trinajstić information content (AvgIpc) is 2.79. The van der Waals surface area contributed by atoms with E-state index in [4.69, 9.17) is 0 Å². The molecule has 2 aromatic heterocycles. The fourth-order valence-corrected chi connectivity index (χ4v) is 2.16. The highest BCUT2D eigenvalue weighted by molar-refractivity contribution is 5.92. The SMILES string of the molecule is Cc1ccn2cc(CC(=O)Nc3cccc(F)c3)nc2c1. The first-order chi connectivity index (χ1) is 10.1. The van der Waals surface area contributed by atoms with Crippen molar-refractivity contribution in [3.8, 4) is 0 Å². The van der Waals surface area contributed by atoms with Gasteiger partial charge in [-0.05, 0) is 42.8 Å². The third-order valence-corrected chi connectivity index (χ3v) is 3.12. The molecular formula is C16H14FN3O. The summed E-state index contributed by atoms with van der Waals surface area (Å²) >= 11 is 0. The van der Waals surface area contributed by atoms with E-state index < -0.39 is 0 Å². The lowest BCUT2D eigenvalue weighted by atomic mass is 10.2. The third kappa shape index (κ3) is 3.08. The minimum atomic E-state index is -0.379. The van der Waals surface area contributed by atoms with Gasteiger partial charge in [-0.2, -0.15) is 0 Å². The van der Waals surface area contributed by atoms with Crippen molar-refractivity contribution >= 4 is 17.2 Å². The number of imidazole rings is 1. The van der Waals surface area contributed by atoms with Gasteiger partial charge in [0, 0.05) is 18.1 Å². The summed E-state index contributed by atoms with van der Waals surface area (Å²) < 4.78 is 14.9. The summed E-state index contributed by atoms with van der Waals surface area (Å²) in [6, 6.07) is 9.75. The van der Waals surface area contributed by atoms with Crippen molar-refractivity contribution in [1.82, 2.24) is 9.38 Å². The number of pyridine rings is 1. The number of anilines is 1. The number of carbonyl (C=O) groups excluding carboxylic acids is 1. The molecule has 1 amide bonds. The first-order valence-corrected chi connectivity index (χ1v) is 6.60. The lowest BCUT2D eigenvalue weighted by Gasteiger charge is -2.03. The van der Waals surface area contributed by atoms with Crippen LogP contribution in [0.15, 0.2) is 48.8 Å². The summed E-state index contributed by atoms with van der Waals surface area (Å²) in [5.74, 6) is -0.600. The molecule has 0 bridgehead atoms. The Balaban J connectivity index is 1.74. The highest BCUT2D eigenvalue weighted by Crippen LogP contribution is 2.11. The molecular weight excluding hydrogens is 269 g/mol. The van der Waals surface area contributed by atoms with Gasteiger partial charge in [0.05, 0.1) is 12.1 Å². The van der Waals surface area contributed by atoms with Crippen LogP contribution in [0.4, 0.5) is 10.1 Å². The number of nitrogens with zero attached hydrogens (tertiary/aromatic N) is 2. The Morgan fingerprint density at radius 3 is 3.00 bits per heavy atom. The van der Waals surface area contributed by atoms with E-state index in [0.717, 1.165) is 11.2 Å². The maximum Gasteiger partial charge on any atom is 0.230 e. The summed E-state index contributed by atoms with van der Waals surface area (Å²) in [6.45, 7) is 1.99. The number of aryl methyl sites for hydroxylation is 1. The molecule has 0 fully saturated rings. The quantitative estimate of drug-likeness (QED) is 0.803.